The van der Waals surface area contributed by atoms with Gasteiger partial charge >= 0.3 is 0 Å². The molecule has 5 nitrogen and oxygen atoms in total. The van der Waals surface area contributed by atoms with Crippen LogP contribution in [0.25, 0.3) is 0 Å². The summed E-state index contributed by atoms with van der Waals surface area (Å²) >= 11 is 5.85. The number of amides is 1. The number of aryl methyl sites for hydroxylation is 1. The summed E-state index contributed by atoms with van der Waals surface area (Å²) in [5.41, 5.74) is 1.37. The Morgan fingerprint density at radius 1 is 1.43 bits per heavy atom. The number of hydrogen-bond acceptors (Lipinski definition) is 3. The molecule has 0 saturated heterocycles. The van der Waals surface area contributed by atoms with E-state index in [1.54, 1.807) is 18.2 Å². The topological polar surface area (TPSA) is 67.0 Å². The number of rotatable bonds is 7. The summed E-state index contributed by atoms with van der Waals surface area (Å²) in [7, 11) is 0. The zero-order valence-electron chi connectivity index (χ0n) is 11.9. The van der Waals surface area contributed by atoms with Crippen molar-refractivity contribution >= 4 is 17.5 Å². The first-order valence-electron chi connectivity index (χ1n) is 6.90. The van der Waals surface area contributed by atoms with Crippen LogP contribution in [0, 0.1) is 0 Å². The molecule has 21 heavy (non-hydrogen) atoms. The zero-order chi connectivity index (χ0) is 15.1. The lowest BCUT2D eigenvalue weighted by Gasteiger charge is -2.07. The molecule has 0 radical (unpaired) electrons. The van der Waals surface area contributed by atoms with Crippen molar-refractivity contribution in [1.29, 1.82) is 0 Å². The summed E-state index contributed by atoms with van der Waals surface area (Å²) in [5, 5.41) is 10.2. The second-order valence-electron chi connectivity index (χ2n) is 4.59. The first-order chi connectivity index (χ1) is 10.2. The summed E-state index contributed by atoms with van der Waals surface area (Å²) in [6.07, 6.45) is 1.90. The number of hydrogen-bond donors (Lipinski definition) is 2. The van der Waals surface area contributed by atoms with Crippen LogP contribution in [0.5, 0.6) is 5.75 Å². The highest BCUT2D eigenvalue weighted by Crippen LogP contribution is 2.16. The third kappa shape index (κ3) is 4.79. The van der Waals surface area contributed by atoms with Crippen LogP contribution in [0.1, 0.15) is 29.5 Å². The van der Waals surface area contributed by atoms with E-state index in [2.05, 4.69) is 22.4 Å². The third-order valence-corrected chi connectivity index (χ3v) is 3.07. The van der Waals surface area contributed by atoms with Crippen LogP contribution in [-0.2, 0) is 6.42 Å². The van der Waals surface area contributed by atoms with Gasteiger partial charge in [0.1, 0.15) is 18.1 Å². The van der Waals surface area contributed by atoms with Gasteiger partial charge in [0.15, 0.2) is 0 Å². The number of carbonyl (C=O) groups excluding carboxylic acids is 1. The van der Waals surface area contributed by atoms with E-state index >= 15 is 0 Å². The van der Waals surface area contributed by atoms with Crippen LogP contribution in [0.4, 0.5) is 0 Å². The molecule has 0 aliphatic rings. The third-order valence-electron chi connectivity index (χ3n) is 2.84. The second kappa shape index (κ2) is 7.69. The van der Waals surface area contributed by atoms with E-state index in [0.717, 1.165) is 18.5 Å². The monoisotopic (exact) mass is 307 g/mol. The van der Waals surface area contributed by atoms with E-state index in [4.69, 9.17) is 16.3 Å². The van der Waals surface area contributed by atoms with E-state index < -0.39 is 0 Å². The maximum absolute atomic E-state index is 11.9. The molecule has 0 aliphatic heterocycles. The molecule has 1 aromatic heterocycles. The van der Waals surface area contributed by atoms with Gasteiger partial charge in [0.25, 0.3) is 5.91 Å². The number of ether oxygens (including phenoxy) is 1. The van der Waals surface area contributed by atoms with Gasteiger partial charge in [-0.3, -0.25) is 9.89 Å². The van der Waals surface area contributed by atoms with Crippen LogP contribution < -0.4 is 10.1 Å². The minimum Gasteiger partial charge on any atom is -0.492 e. The van der Waals surface area contributed by atoms with Gasteiger partial charge in [-0.05, 0) is 30.7 Å². The average molecular weight is 308 g/mol. The van der Waals surface area contributed by atoms with E-state index in [0.29, 0.717) is 29.6 Å². The smallest absolute Gasteiger partial charge is 0.271 e. The lowest BCUT2D eigenvalue weighted by molar-refractivity contribution is 0.0942. The van der Waals surface area contributed by atoms with Gasteiger partial charge in [-0.25, -0.2) is 0 Å². The van der Waals surface area contributed by atoms with Gasteiger partial charge in [-0.1, -0.05) is 31.0 Å². The molecule has 0 aliphatic carbocycles. The van der Waals surface area contributed by atoms with Gasteiger partial charge in [0, 0.05) is 10.7 Å². The molecule has 2 N–H and O–H groups in total. The SMILES string of the molecule is CCCc1cc(C(=O)NCCOc2cccc(Cl)c2)n[nH]1. The van der Waals surface area contributed by atoms with Crippen molar-refractivity contribution in [3.8, 4) is 5.75 Å². The fraction of sp³-hybridized carbons (Fsp3) is 0.333. The molecule has 0 bridgehead atoms. The summed E-state index contributed by atoms with van der Waals surface area (Å²) in [5.74, 6) is 0.477. The maximum Gasteiger partial charge on any atom is 0.271 e. The number of carbonyl (C=O) groups is 1. The van der Waals surface area contributed by atoms with Crippen molar-refractivity contribution in [3.05, 3.63) is 46.7 Å². The summed E-state index contributed by atoms with van der Waals surface area (Å²) < 4.78 is 5.49. The molecule has 1 aromatic carbocycles. The molecule has 6 heteroatoms. The van der Waals surface area contributed by atoms with Crippen molar-refractivity contribution < 1.29 is 9.53 Å². The van der Waals surface area contributed by atoms with Crippen molar-refractivity contribution in [2.24, 2.45) is 0 Å². The summed E-state index contributed by atoms with van der Waals surface area (Å²) in [6.45, 7) is 2.85. The van der Waals surface area contributed by atoms with E-state index in [1.165, 1.54) is 0 Å². The molecule has 0 saturated carbocycles. The second-order valence-corrected chi connectivity index (χ2v) is 5.03. The maximum atomic E-state index is 11.9. The standard InChI is InChI=1S/C15H18ClN3O2/c1-2-4-12-10-14(19-18-12)15(20)17-7-8-21-13-6-3-5-11(16)9-13/h3,5-6,9-10H,2,4,7-8H2,1H3,(H,17,20)(H,18,19). The number of benzene rings is 1. The molecule has 0 fully saturated rings. The van der Waals surface area contributed by atoms with Gasteiger partial charge in [0.05, 0.1) is 6.54 Å². The van der Waals surface area contributed by atoms with Crippen molar-refractivity contribution in [2.45, 2.75) is 19.8 Å². The Bertz CT molecular complexity index is 598. The van der Waals surface area contributed by atoms with Crippen molar-refractivity contribution in [2.75, 3.05) is 13.2 Å². The minimum absolute atomic E-state index is 0.205. The first-order valence-corrected chi connectivity index (χ1v) is 7.27. The lowest BCUT2D eigenvalue weighted by atomic mass is 10.2. The van der Waals surface area contributed by atoms with Gasteiger partial charge in [0.2, 0.25) is 0 Å². The predicted octanol–water partition coefficient (Wildman–Crippen LogP) is 2.82. The van der Waals surface area contributed by atoms with Crippen LogP contribution in [-0.4, -0.2) is 29.3 Å². The van der Waals surface area contributed by atoms with E-state index in [-0.39, 0.29) is 5.91 Å². The van der Waals surface area contributed by atoms with Crippen molar-refractivity contribution in [3.63, 3.8) is 0 Å². The Hall–Kier alpha value is -2.01. The fourth-order valence-corrected chi connectivity index (χ4v) is 2.04. The van der Waals surface area contributed by atoms with E-state index in [9.17, 15) is 4.79 Å². The molecular formula is C15H18ClN3O2. The van der Waals surface area contributed by atoms with Crippen LogP contribution in [0.2, 0.25) is 5.02 Å². The zero-order valence-corrected chi connectivity index (χ0v) is 12.6. The molecule has 112 valence electrons. The Labute approximate surface area is 128 Å². The number of nitrogens with one attached hydrogen (secondary N) is 2. The molecule has 2 aromatic rings. The van der Waals surface area contributed by atoms with Crippen LogP contribution >= 0.6 is 11.6 Å². The highest BCUT2D eigenvalue weighted by atomic mass is 35.5. The molecule has 2 rings (SSSR count). The molecule has 0 spiro atoms. The first kappa shape index (κ1) is 15.4. The normalized spacial score (nSPS) is 10.4. The molecule has 0 atom stereocenters. The van der Waals surface area contributed by atoms with Crippen molar-refractivity contribution in [1.82, 2.24) is 15.5 Å². The number of nitrogens with zero attached hydrogens (tertiary/aromatic N) is 1. The predicted molar refractivity (Wildman–Crippen MR) is 81.9 cm³/mol. The van der Waals surface area contributed by atoms with Crippen LogP contribution in [0.15, 0.2) is 30.3 Å². The van der Waals surface area contributed by atoms with Crippen LogP contribution in [0.3, 0.4) is 0 Å². The number of H-pyrrole nitrogens is 1. The van der Waals surface area contributed by atoms with Gasteiger partial charge < -0.3 is 10.1 Å². The Balaban J connectivity index is 1.73. The van der Waals surface area contributed by atoms with E-state index in [1.807, 2.05) is 12.1 Å². The Morgan fingerprint density at radius 3 is 3.05 bits per heavy atom. The average Bonchev–Trinajstić information content (AvgIpc) is 2.93. The highest BCUT2D eigenvalue weighted by Gasteiger charge is 2.09. The Morgan fingerprint density at radius 2 is 2.29 bits per heavy atom. The molecular weight excluding hydrogens is 290 g/mol. The van der Waals surface area contributed by atoms with Gasteiger partial charge in [-0.15, -0.1) is 0 Å². The fourth-order valence-electron chi connectivity index (χ4n) is 1.86. The highest BCUT2D eigenvalue weighted by molar-refractivity contribution is 6.30. The summed E-state index contributed by atoms with van der Waals surface area (Å²) in [6, 6.07) is 8.92. The number of halogens is 1. The minimum atomic E-state index is -0.205. The Kier molecular flexibility index (Phi) is 5.63. The number of aromatic nitrogens is 2. The molecule has 1 amide bonds. The van der Waals surface area contributed by atoms with Gasteiger partial charge in [-0.2, -0.15) is 5.10 Å². The molecule has 1 heterocycles. The quantitative estimate of drug-likeness (QED) is 0.773. The number of aromatic amines is 1. The largest absolute Gasteiger partial charge is 0.492 e. The summed E-state index contributed by atoms with van der Waals surface area (Å²) in [4.78, 5) is 11.9. The molecule has 0 unspecified atom stereocenters. The lowest BCUT2D eigenvalue weighted by Crippen LogP contribution is -2.28.